The summed E-state index contributed by atoms with van der Waals surface area (Å²) in [5.74, 6) is 1.31. The largest absolute Gasteiger partial charge is 0.493 e. The third-order valence-corrected chi connectivity index (χ3v) is 4.81. The van der Waals surface area contributed by atoms with Crippen LogP contribution in [-0.4, -0.2) is 41.2 Å². The Balaban J connectivity index is 1.72. The summed E-state index contributed by atoms with van der Waals surface area (Å²) in [5.41, 5.74) is 2.89. The summed E-state index contributed by atoms with van der Waals surface area (Å²) < 4.78 is 12.7. The molecule has 158 valence electrons. The number of benzene rings is 2. The van der Waals surface area contributed by atoms with E-state index in [4.69, 9.17) is 9.47 Å². The zero-order valence-electron chi connectivity index (χ0n) is 17.7. The van der Waals surface area contributed by atoms with Crippen LogP contribution in [0, 0.1) is 6.92 Å². The van der Waals surface area contributed by atoms with Crippen molar-refractivity contribution in [2.45, 2.75) is 26.4 Å². The van der Waals surface area contributed by atoms with Crippen LogP contribution in [0.5, 0.6) is 11.5 Å². The van der Waals surface area contributed by atoms with Crippen LogP contribution in [0.2, 0.25) is 0 Å². The number of amides is 2. The van der Waals surface area contributed by atoms with E-state index in [-0.39, 0.29) is 6.03 Å². The third kappa shape index (κ3) is 5.76. The quantitative estimate of drug-likeness (QED) is 0.572. The minimum absolute atomic E-state index is 0.140. The van der Waals surface area contributed by atoms with E-state index in [0.717, 1.165) is 29.8 Å². The summed E-state index contributed by atoms with van der Waals surface area (Å²) in [4.78, 5) is 18.9. The fourth-order valence-electron chi connectivity index (χ4n) is 3.15. The molecule has 0 radical (unpaired) electrons. The number of carbonyl (C=O) groups excluding carboxylic acids is 1. The summed E-state index contributed by atoms with van der Waals surface area (Å²) in [6.07, 6.45) is 6.27. The lowest BCUT2D eigenvalue weighted by Gasteiger charge is -2.24. The molecule has 0 aliphatic heterocycles. The number of urea groups is 1. The van der Waals surface area contributed by atoms with Gasteiger partial charge in [0, 0.05) is 37.7 Å². The van der Waals surface area contributed by atoms with Crippen molar-refractivity contribution in [3.63, 3.8) is 0 Å². The molecule has 30 heavy (non-hydrogen) atoms. The number of nitrogens with zero attached hydrogens (tertiary/aromatic N) is 3. The van der Waals surface area contributed by atoms with Gasteiger partial charge in [0.15, 0.2) is 11.5 Å². The normalized spacial score (nSPS) is 10.5. The Kier molecular flexibility index (Phi) is 7.32. The maximum absolute atomic E-state index is 13.0. The lowest BCUT2D eigenvalue weighted by molar-refractivity contribution is 0.207. The van der Waals surface area contributed by atoms with Gasteiger partial charge in [-0.3, -0.25) is 0 Å². The average Bonchev–Trinajstić information content (AvgIpc) is 3.28. The van der Waals surface area contributed by atoms with Crippen LogP contribution in [0.25, 0.3) is 0 Å². The monoisotopic (exact) mass is 408 g/mol. The van der Waals surface area contributed by atoms with Crippen molar-refractivity contribution in [2.24, 2.45) is 0 Å². The van der Waals surface area contributed by atoms with Crippen molar-refractivity contribution in [3.8, 4) is 11.5 Å². The number of nitrogens with one attached hydrogen (secondary N) is 1. The Hall–Kier alpha value is -3.48. The zero-order valence-corrected chi connectivity index (χ0v) is 17.7. The number of hydrogen-bond acceptors (Lipinski definition) is 4. The van der Waals surface area contributed by atoms with E-state index in [1.54, 1.807) is 31.6 Å². The number of ether oxygens (including phenoxy) is 2. The SMILES string of the molecule is COc1ccc(CN(CCCn2ccnc2)C(=O)Nc2ccc(C)cc2)cc1OC. The molecule has 0 unspecified atom stereocenters. The van der Waals surface area contributed by atoms with Gasteiger partial charge in [0.1, 0.15) is 0 Å². The fraction of sp³-hybridized carbons (Fsp3) is 0.304. The highest BCUT2D eigenvalue weighted by Crippen LogP contribution is 2.28. The topological polar surface area (TPSA) is 68.6 Å². The molecule has 1 heterocycles. The molecule has 2 aromatic carbocycles. The number of imidazole rings is 1. The van der Waals surface area contributed by atoms with E-state index in [0.29, 0.717) is 24.6 Å². The van der Waals surface area contributed by atoms with Crippen molar-refractivity contribution in [3.05, 3.63) is 72.3 Å². The van der Waals surface area contributed by atoms with Gasteiger partial charge in [-0.25, -0.2) is 9.78 Å². The highest BCUT2D eigenvalue weighted by molar-refractivity contribution is 5.89. The fourth-order valence-corrected chi connectivity index (χ4v) is 3.15. The maximum Gasteiger partial charge on any atom is 0.322 e. The molecule has 1 aromatic heterocycles. The van der Waals surface area contributed by atoms with E-state index in [1.165, 1.54) is 0 Å². The summed E-state index contributed by atoms with van der Waals surface area (Å²) in [7, 11) is 3.21. The highest BCUT2D eigenvalue weighted by Gasteiger charge is 2.16. The number of aryl methyl sites for hydroxylation is 2. The standard InChI is InChI=1S/C23H28N4O3/c1-18-5-8-20(9-6-18)25-23(28)27(13-4-12-26-14-11-24-17-26)16-19-7-10-21(29-2)22(15-19)30-3/h5-11,14-15,17H,4,12-13,16H2,1-3H3,(H,25,28). The second-order valence-corrected chi connectivity index (χ2v) is 7.06. The number of methoxy groups -OCH3 is 2. The Bertz CT molecular complexity index is 940. The number of carbonyl (C=O) groups is 1. The zero-order chi connectivity index (χ0) is 21.3. The van der Waals surface area contributed by atoms with Gasteiger partial charge in [-0.15, -0.1) is 0 Å². The molecule has 0 fully saturated rings. The van der Waals surface area contributed by atoms with E-state index in [1.807, 2.05) is 60.2 Å². The lowest BCUT2D eigenvalue weighted by Crippen LogP contribution is -2.35. The average molecular weight is 409 g/mol. The molecule has 1 N–H and O–H groups in total. The molecule has 0 saturated heterocycles. The molecule has 3 rings (SSSR count). The Morgan fingerprint density at radius 1 is 1.10 bits per heavy atom. The molecule has 7 heteroatoms. The van der Waals surface area contributed by atoms with Crippen LogP contribution in [0.15, 0.2) is 61.2 Å². The Morgan fingerprint density at radius 3 is 2.53 bits per heavy atom. The van der Waals surface area contributed by atoms with Gasteiger partial charge >= 0.3 is 6.03 Å². The molecule has 0 aliphatic rings. The first-order valence-electron chi connectivity index (χ1n) is 9.88. The van der Waals surface area contributed by atoms with Crippen molar-refractivity contribution in [2.75, 3.05) is 26.1 Å². The number of rotatable bonds is 9. The van der Waals surface area contributed by atoms with Crippen LogP contribution in [0.3, 0.4) is 0 Å². The van der Waals surface area contributed by atoms with Crippen LogP contribution in [0.1, 0.15) is 17.5 Å². The summed E-state index contributed by atoms with van der Waals surface area (Å²) in [6.45, 7) is 3.87. The molecular formula is C23H28N4O3. The number of aromatic nitrogens is 2. The Labute approximate surface area is 177 Å². The molecular weight excluding hydrogens is 380 g/mol. The summed E-state index contributed by atoms with van der Waals surface area (Å²) in [5, 5.41) is 3.00. The second-order valence-electron chi connectivity index (χ2n) is 7.06. The van der Waals surface area contributed by atoms with E-state index >= 15 is 0 Å². The number of anilines is 1. The van der Waals surface area contributed by atoms with Crippen molar-refractivity contribution >= 4 is 11.7 Å². The van der Waals surface area contributed by atoms with Crippen LogP contribution in [0.4, 0.5) is 10.5 Å². The maximum atomic E-state index is 13.0. The summed E-state index contributed by atoms with van der Waals surface area (Å²) >= 11 is 0. The first-order valence-corrected chi connectivity index (χ1v) is 9.88. The van der Waals surface area contributed by atoms with Crippen LogP contribution < -0.4 is 14.8 Å². The highest BCUT2D eigenvalue weighted by atomic mass is 16.5. The minimum Gasteiger partial charge on any atom is -0.493 e. The predicted molar refractivity (Wildman–Crippen MR) is 117 cm³/mol. The first kappa shape index (κ1) is 21.2. The molecule has 0 spiro atoms. The third-order valence-electron chi connectivity index (χ3n) is 4.81. The van der Waals surface area contributed by atoms with E-state index < -0.39 is 0 Å². The van der Waals surface area contributed by atoms with Crippen molar-refractivity contribution in [1.29, 1.82) is 0 Å². The Morgan fingerprint density at radius 2 is 1.87 bits per heavy atom. The molecule has 0 aliphatic carbocycles. The predicted octanol–water partition coefficient (Wildman–Crippen LogP) is 4.33. The first-order chi connectivity index (χ1) is 14.6. The molecule has 7 nitrogen and oxygen atoms in total. The molecule has 0 atom stereocenters. The van der Waals surface area contributed by atoms with E-state index in [9.17, 15) is 4.79 Å². The lowest BCUT2D eigenvalue weighted by atomic mass is 10.2. The summed E-state index contributed by atoms with van der Waals surface area (Å²) in [6, 6.07) is 13.3. The van der Waals surface area contributed by atoms with Gasteiger partial charge < -0.3 is 24.3 Å². The number of hydrogen-bond donors (Lipinski definition) is 1. The van der Waals surface area contributed by atoms with Crippen LogP contribution >= 0.6 is 0 Å². The van der Waals surface area contributed by atoms with Gasteiger partial charge in [0.25, 0.3) is 0 Å². The van der Waals surface area contributed by atoms with Gasteiger partial charge in [-0.05, 0) is 43.2 Å². The van der Waals surface area contributed by atoms with Crippen molar-refractivity contribution in [1.82, 2.24) is 14.5 Å². The van der Waals surface area contributed by atoms with E-state index in [2.05, 4.69) is 10.3 Å². The van der Waals surface area contributed by atoms with Gasteiger partial charge in [0.05, 0.1) is 20.5 Å². The second kappa shape index (κ2) is 10.3. The smallest absolute Gasteiger partial charge is 0.322 e. The van der Waals surface area contributed by atoms with Crippen LogP contribution in [-0.2, 0) is 13.1 Å². The van der Waals surface area contributed by atoms with Gasteiger partial charge in [-0.1, -0.05) is 23.8 Å². The van der Waals surface area contributed by atoms with Gasteiger partial charge in [-0.2, -0.15) is 0 Å². The molecule has 3 aromatic rings. The van der Waals surface area contributed by atoms with Crippen molar-refractivity contribution < 1.29 is 14.3 Å². The van der Waals surface area contributed by atoms with Gasteiger partial charge in [0.2, 0.25) is 0 Å². The molecule has 2 amide bonds. The molecule has 0 bridgehead atoms. The molecule has 0 saturated carbocycles. The minimum atomic E-state index is -0.140.